The van der Waals surface area contributed by atoms with E-state index < -0.39 is 37.1 Å². The van der Waals surface area contributed by atoms with Gasteiger partial charge in [-0.1, -0.05) is 30.3 Å². The second kappa shape index (κ2) is 5.02. The smallest absolute Gasteiger partial charge is 0.227 e. The molecule has 0 bridgehead atoms. The number of allylic oxidation sites excluding steroid dienone is 3. The minimum Gasteiger partial charge on any atom is -0.437 e. The Morgan fingerprint density at radius 1 is 1.33 bits per heavy atom. The van der Waals surface area contributed by atoms with E-state index in [0.717, 1.165) is 0 Å². The predicted octanol–water partition coefficient (Wildman–Crippen LogP) is 4.79. The van der Waals surface area contributed by atoms with E-state index in [1.165, 1.54) is 12.1 Å². The van der Waals surface area contributed by atoms with Gasteiger partial charge in [-0.2, -0.15) is 0 Å². The van der Waals surface area contributed by atoms with Crippen molar-refractivity contribution in [3.05, 3.63) is 65.8 Å². The van der Waals surface area contributed by atoms with E-state index in [2.05, 4.69) is 11.6 Å². The Kier molecular flexibility index (Phi) is 1.64. The Labute approximate surface area is 134 Å². The van der Waals surface area contributed by atoms with Crippen molar-refractivity contribution in [2.45, 2.75) is 13.7 Å². The Morgan fingerprint density at radius 2 is 2.24 bits per heavy atom. The third-order valence-corrected chi connectivity index (χ3v) is 2.97. The molecular weight excluding hydrogens is 260 g/mol. The van der Waals surface area contributed by atoms with Gasteiger partial charge in [-0.3, -0.25) is 0 Å². The van der Waals surface area contributed by atoms with Gasteiger partial charge in [0.25, 0.3) is 0 Å². The van der Waals surface area contributed by atoms with Gasteiger partial charge in [0.2, 0.25) is 5.71 Å². The van der Waals surface area contributed by atoms with E-state index >= 15 is 0 Å². The minimum atomic E-state index is -2.65. The van der Waals surface area contributed by atoms with Gasteiger partial charge in [-0.25, -0.2) is 4.98 Å². The molecule has 3 heteroatoms. The zero-order valence-electron chi connectivity index (χ0n) is 18.9. The summed E-state index contributed by atoms with van der Waals surface area (Å²) in [6, 6.07) is 6.48. The maximum Gasteiger partial charge on any atom is 0.227 e. The second-order valence-electron chi connectivity index (χ2n) is 4.44. The van der Waals surface area contributed by atoms with E-state index in [0.29, 0.717) is 10.8 Å². The fourth-order valence-corrected chi connectivity index (χ4v) is 2.08. The summed E-state index contributed by atoms with van der Waals surface area (Å²) in [5, 5.41) is 9.39. The molecule has 1 aromatic carbocycles. The van der Waals surface area contributed by atoms with Crippen molar-refractivity contribution < 1.29 is 15.4 Å². The molecule has 21 heavy (non-hydrogen) atoms. The molecule has 1 N–H and O–H groups in total. The van der Waals surface area contributed by atoms with Crippen LogP contribution in [-0.2, 0) is 0 Å². The van der Waals surface area contributed by atoms with Crippen LogP contribution in [0.3, 0.4) is 0 Å². The standard InChI is InChI=1S/C18H16N2O/c1-11(2)7-10-16(19)15-6-4-5-13-14-9-8-12(3)20-18(14)21-17(13)15/h4-10,19H,1H2,2-3H3/b10-7-,19-16?/i2D3,3D3,7D,10D. The molecule has 0 aliphatic carbocycles. The van der Waals surface area contributed by atoms with E-state index in [1.54, 1.807) is 18.2 Å². The van der Waals surface area contributed by atoms with E-state index in [9.17, 15) is 0 Å². The van der Waals surface area contributed by atoms with Crippen LogP contribution in [0.15, 0.2) is 59.0 Å². The maximum atomic E-state index is 8.30. The zero-order valence-corrected chi connectivity index (χ0v) is 10.9. The maximum absolute atomic E-state index is 8.30. The van der Waals surface area contributed by atoms with E-state index in [4.69, 9.17) is 20.8 Å². The number of benzene rings is 1. The topological polar surface area (TPSA) is 49.9 Å². The Balaban J connectivity index is 2.17. The van der Waals surface area contributed by atoms with Crippen LogP contribution in [0.4, 0.5) is 0 Å². The Hall–Kier alpha value is -2.68. The van der Waals surface area contributed by atoms with Crippen molar-refractivity contribution in [3.63, 3.8) is 0 Å². The monoisotopic (exact) mass is 284 g/mol. The van der Waals surface area contributed by atoms with Crippen molar-refractivity contribution in [2.75, 3.05) is 0 Å². The van der Waals surface area contributed by atoms with Crippen molar-refractivity contribution in [3.8, 4) is 0 Å². The molecule has 0 aliphatic heterocycles. The third kappa shape index (κ3) is 2.38. The third-order valence-electron chi connectivity index (χ3n) is 2.97. The van der Waals surface area contributed by atoms with E-state index in [1.807, 2.05) is 0 Å². The largest absolute Gasteiger partial charge is 0.437 e. The van der Waals surface area contributed by atoms with Crippen molar-refractivity contribution in [2.24, 2.45) is 0 Å². The lowest BCUT2D eigenvalue weighted by Gasteiger charge is -1.99. The van der Waals surface area contributed by atoms with Gasteiger partial charge >= 0.3 is 0 Å². The molecule has 0 aliphatic rings. The van der Waals surface area contributed by atoms with Crippen LogP contribution in [0, 0.1) is 12.3 Å². The molecular formula is C18H16N2O. The molecule has 2 aromatic heterocycles. The van der Waals surface area contributed by atoms with Gasteiger partial charge in [0.1, 0.15) is 5.58 Å². The lowest BCUT2D eigenvalue weighted by atomic mass is 10.1. The highest BCUT2D eigenvalue weighted by molar-refractivity contribution is 6.17. The SMILES string of the molecule is [2H]/C(C(=C)C([2H])([2H])[2H])=C(\[2H])C(=N)c1cccc2c1oc1nc(C([2H])([2H])[2H])ccc12. The highest BCUT2D eigenvalue weighted by Crippen LogP contribution is 2.30. The molecule has 3 aromatic rings. The van der Waals surface area contributed by atoms with Gasteiger partial charge in [0, 0.05) is 30.3 Å². The minimum absolute atomic E-state index is 0.0717. The van der Waals surface area contributed by atoms with Crippen LogP contribution in [0.5, 0.6) is 0 Å². The van der Waals surface area contributed by atoms with Crippen LogP contribution in [0.2, 0.25) is 0 Å². The summed E-state index contributed by atoms with van der Waals surface area (Å²) < 4.78 is 66.1. The highest BCUT2D eigenvalue weighted by atomic mass is 16.3. The second-order valence-corrected chi connectivity index (χ2v) is 4.44. The Morgan fingerprint density at radius 3 is 3.05 bits per heavy atom. The van der Waals surface area contributed by atoms with Crippen LogP contribution < -0.4 is 0 Å². The van der Waals surface area contributed by atoms with Crippen LogP contribution in [-0.4, -0.2) is 10.7 Å². The first-order chi connectivity index (χ1) is 13.3. The number of aryl methyl sites for hydroxylation is 1. The van der Waals surface area contributed by atoms with Gasteiger partial charge in [-0.05, 0) is 38.0 Å². The van der Waals surface area contributed by atoms with Crippen LogP contribution in [0.1, 0.15) is 29.1 Å². The highest BCUT2D eigenvalue weighted by Gasteiger charge is 2.13. The van der Waals surface area contributed by atoms with Gasteiger partial charge in [0.15, 0.2) is 0 Å². The number of furan rings is 1. The zero-order chi connectivity index (χ0) is 21.7. The average molecular weight is 284 g/mol. The molecule has 0 saturated carbocycles. The molecule has 0 radical (unpaired) electrons. The van der Waals surface area contributed by atoms with Crippen molar-refractivity contribution in [1.29, 1.82) is 5.41 Å². The van der Waals surface area contributed by atoms with Crippen LogP contribution in [0.25, 0.3) is 22.1 Å². The lowest BCUT2D eigenvalue weighted by molar-refractivity contribution is 0.652. The summed E-state index contributed by atoms with van der Waals surface area (Å²) in [6.07, 6.45) is 0. The summed E-state index contributed by atoms with van der Waals surface area (Å²) in [4.78, 5) is 4.04. The number of fused-ring (bicyclic) bond motifs is 3. The molecule has 0 amide bonds. The molecule has 0 unspecified atom stereocenters. The fraction of sp³-hybridized carbons (Fsp3) is 0.111. The number of nitrogens with zero attached hydrogens (tertiary/aromatic N) is 1. The molecule has 0 spiro atoms. The first-order valence-electron chi connectivity index (χ1n) is 10.1. The van der Waals surface area contributed by atoms with Gasteiger partial charge in [-0.15, -0.1) is 0 Å². The molecule has 2 heterocycles. The number of aromatic nitrogens is 1. The quantitative estimate of drug-likeness (QED) is 0.555. The number of hydrogen-bond acceptors (Lipinski definition) is 3. The van der Waals surface area contributed by atoms with Crippen molar-refractivity contribution >= 4 is 27.8 Å². The van der Waals surface area contributed by atoms with Gasteiger partial charge in [0.05, 0.1) is 8.45 Å². The average Bonchev–Trinajstić information content (AvgIpc) is 3.02. The first-order valence-corrected chi connectivity index (χ1v) is 6.11. The molecule has 0 saturated heterocycles. The Bertz CT molecular complexity index is 1180. The van der Waals surface area contributed by atoms with Crippen molar-refractivity contribution in [1.82, 2.24) is 4.98 Å². The summed E-state index contributed by atoms with van der Waals surface area (Å²) in [5.41, 5.74) is -0.663. The first kappa shape index (κ1) is 6.85. The fourth-order valence-electron chi connectivity index (χ4n) is 2.08. The summed E-state index contributed by atoms with van der Waals surface area (Å²) >= 11 is 0. The summed E-state index contributed by atoms with van der Waals surface area (Å²) in [5.74, 6) is 0. The molecule has 3 rings (SSSR count). The predicted molar refractivity (Wildman–Crippen MR) is 87.0 cm³/mol. The molecule has 0 atom stereocenters. The van der Waals surface area contributed by atoms with E-state index in [-0.39, 0.29) is 22.6 Å². The van der Waals surface area contributed by atoms with Gasteiger partial charge < -0.3 is 9.83 Å². The summed E-state index contributed by atoms with van der Waals surface area (Å²) in [7, 11) is 0. The number of nitrogens with one attached hydrogen (secondary N) is 1. The van der Waals surface area contributed by atoms with Crippen LogP contribution >= 0.6 is 0 Å². The molecule has 3 nitrogen and oxygen atoms in total. The number of pyridine rings is 1. The number of rotatable bonds is 3. The lowest BCUT2D eigenvalue weighted by Crippen LogP contribution is -1.94. The normalized spacial score (nSPS) is 19.2. The number of para-hydroxylation sites is 1. The molecule has 104 valence electrons. The summed E-state index contributed by atoms with van der Waals surface area (Å²) in [6.45, 7) is -1.71. The number of hydrogen-bond donors (Lipinski definition) is 1. The molecule has 0 fully saturated rings.